The summed E-state index contributed by atoms with van der Waals surface area (Å²) in [5, 5.41) is 8.90. The second-order valence-corrected chi connectivity index (χ2v) is 4.28. The third kappa shape index (κ3) is 2.61. The van der Waals surface area contributed by atoms with Crippen LogP contribution in [0.4, 0.5) is 0 Å². The fraction of sp³-hybridized carbons (Fsp3) is 0.462. The van der Waals surface area contributed by atoms with Gasteiger partial charge in [-0.2, -0.15) is 0 Å². The van der Waals surface area contributed by atoms with Crippen LogP contribution in [0.3, 0.4) is 0 Å². The molecule has 3 nitrogen and oxygen atoms in total. The summed E-state index contributed by atoms with van der Waals surface area (Å²) in [6.45, 7) is 0.383. The first-order valence-corrected chi connectivity index (χ1v) is 5.64. The van der Waals surface area contributed by atoms with Gasteiger partial charge >= 0.3 is 5.97 Å². The first-order chi connectivity index (χ1) is 7.73. The third-order valence-corrected chi connectivity index (χ3v) is 3.02. The van der Waals surface area contributed by atoms with E-state index in [9.17, 15) is 4.79 Å². The van der Waals surface area contributed by atoms with E-state index in [2.05, 4.69) is 12.1 Å². The average molecular weight is 220 g/mol. The monoisotopic (exact) mass is 220 g/mol. The molecule has 1 atom stereocenters. The number of carbonyl (C=O) groups is 1. The molecule has 1 heterocycles. The van der Waals surface area contributed by atoms with E-state index in [0.29, 0.717) is 13.0 Å². The maximum Gasteiger partial charge on any atom is 0.338 e. The zero-order valence-corrected chi connectivity index (χ0v) is 9.19. The molecular formula is C13H16O3. The Hall–Kier alpha value is -1.35. The first-order valence-electron chi connectivity index (χ1n) is 5.64. The van der Waals surface area contributed by atoms with E-state index >= 15 is 0 Å². The molecule has 0 bridgehead atoms. The molecule has 1 aromatic rings. The summed E-state index contributed by atoms with van der Waals surface area (Å²) in [4.78, 5) is 10.8. The molecule has 0 radical (unpaired) electrons. The molecule has 2 rings (SSSR count). The van der Waals surface area contributed by atoms with Crippen LogP contribution in [0.5, 0.6) is 0 Å². The summed E-state index contributed by atoms with van der Waals surface area (Å²) >= 11 is 0. The maximum atomic E-state index is 10.8. The van der Waals surface area contributed by atoms with E-state index in [1.807, 2.05) is 18.2 Å². The minimum absolute atomic E-state index is 0.383. The molecule has 86 valence electrons. The van der Waals surface area contributed by atoms with Crippen molar-refractivity contribution in [2.75, 3.05) is 6.61 Å². The van der Waals surface area contributed by atoms with Crippen LogP contribution < -0.4 is 0 Å². The van der Waals surface area contributed by atoms with Gasteiger partial charge in [0.15, 0.2) is 5.60 Å². The summed E-state index contributed by atoms with van der Waals surface area (Å²) in [5.74, 6) is -0.813. The molecule has 0 aromatic heterocycles. The molecule has 0 aliphatic carbocycles. The van der Waals surface area contributed by atoms with Crippen molar-refractivity contribution in [1.82, 2.24) is 0 Å². The van der Waals surface area contributed by atoms with Gasteiger partial charge in [-0.15, -0.1) is 0 Å². The first kappa shape index (κ1) is 11.1. The van der Waals surface area contributed by atoms with Gasteiger partial charge in [-0.25, -0.2) is 4.79 Å². The lowest BCUT2D eigenvalue weighted by atomic mass is 10.0. The van der Waals surface area contributed by atoms with Gasteiger partial charge in [-0.1, -0.05) is 30.3 Å². The van der Waals surface area contributed by atoms with E-state index in [4.69, 9.17) is 9.84 Å². The molecule has 1 aromatic carbocycles. The summed E-state index contributed by atoms with van der Waals surface area (Å²) in [5.41, 5.74) is 0.472. The molecule has 1 aliphatic rings. The predicted molar refractivity (Wildman–Crippen MR) is 60.3 cm³/mol. The molecule has 3 heteroatoms. The number of benzene rings is 1. The molecule has 1 unspecified atom stereocenters. The standard InChI is InChI=1S/C13H16O3/c14-12(15)13(10-16-13)9-5-4-8-11-6-2-1-3-7-11/h1-3,6-7H,4-5,8-10H2,(H,14,15). The van der Waals surface area contributed by atoms with Crippen LogP contribution in [0.1, 0.15) is 24.8 Å². The third-order valence-electron chi connectivity index (χ3n) is 3.02. The Morgan fingerprint density at radius 3 is 2.56 bits per heavy atom. The average Bonchev–Trinajstić information content (AvgIpc) is 3.07. The van der Waals surface area contributed by atoms with Crippen molar-refractivity contribution < 1.29 is 14.6 Å². The molecule has 0 spiro atoms. The van der Waals surface area contributed by atoms with Crippen molar-refractivity contribution in [2.24, 2.45) is 0 Å². The van der Waals surface area contributed by atoms with Crippen LogP contribution >= 0.6 is 0 Å². The van der Waals surface area contributed by atoms with Gasteiger partial charge < -0.3 is 9.84 Å². The SMILES string of the molecule is O=C(O)C1(CCCCc2ccccc2)CO1. The Balaban J connectivity index is 1.68. The quantitative estimate of drug-likeness (QED) is 0.591. The molecule has 0 amide bonds. The Morgan fingerprint density at radius 1 is 1.31 bits per heavy atom. The van der Waals surface area contributed by atoms with Crippen LogP contribution in [0.15, 0.2) is 30.3 Å². The normalized spacial score (nSPS) is 23.0. The lowest BCUT2D eigenvalue weighted by Gasteiger charge is -2.05. The van der Waals surface area contributed by atoms with Gasteiger partial charge in [-0.3, -0.25) is 0 Å². The predicted octanol–water partition coefficient (Wildman–Crippen LogP) is 2.25. The van der Waals surface area contributed by atoms with Crippen molar-refractivity contribution in [3.05, 3.63) is 35.9 Å². The van der Waals surface area contributed by atoms with E-state index in [1.165, 1.54) is 5.56 Å². The van der Waals surface area contributed by atoms with Crippen LogP contribution in [0.2, 0.25) is 0 Å². The van der Waals surface area contributed by atoms with Crippen LogP contribution in [0.25, 0.3) is 0 Å². The molecule has 1 saturated heterocycles. The second kappa shape index (κ2) is 4.66. The molecular weight excluding hydrogens is 204 g/mol. The minimum Gasteiger partial charge on any atom is -0.479 e. The number of ether oxygens (including phenoxy) is 1. The van der Waals surface area contributed by atoms with Gasteiger partial charge in [0, 0.05) is 0 Å². The molecule has 1 fully saturated rings. The van der Waals surface area contributed by atoms with Crippen LogP contribution in [-0.4, -0.2) is 23.3 Å². The molecule has 16 heavy (non-hydrogen) atoms. The zero-order chi connectivity index (χ0) is 11.4. The number of hydrogen-bond donors (Lipinski definition) is 1. The van der Waals surface area contributed by atoms with Gasteiger partial charge in [-0.05, 0) is 31.2 Å². The lowest BCUT2D eigenvalue weighted by Crippen LogP contribution is -2.23. The Kier molecular flexibility index (Phi) is 3.25. The Bertz CT molecular complexity index is 355. The molecule has 1 N–H and O–H groups in total. The maximum absolute atomic E-state index is 10.8. The number of hydrogen-bond acceptors (Lipinski definition) is 2. The van der Waals surface area contributed by atoms with E-state index < -0.39 is 11.6 Å². The highest BCUT2D eigenvalue weighted by Crippen LogP contribution is 2.33. The zero-order valence-electron chi connectivity index (χ0n) is 9.19. The number of carboxylic acid groups (broad SMARTS) is 1. The Labute approximate surface area is 95.0 Å². The lowest BCUT2D eigenvalue weighted by molar-refractivity contribution is -0.143. The topological polar surface area (TPSA) is 49.8 Å². The number of epoxide rings is 1. The van der Waals surface area contributed by atoms with Crippen LogP contribution in [0, 0.1) is 0 Å². The van der Waals surface area contributed by atoms with Crippen molar-refractivity contribution in [1.29, 1.82) is 0 Å². The number of carboxylic acids is 1. The van der Waals surface area contributed by atoms with E-state index in [-0.39, 0.29) is 0 Å². The number of unbranched alkanes of at least 4 members (excludes halogenated alkanes) is 1. The fourth-order valence-electron chi connectivity index (χ4n) is 1.85. The van der Waals surface area contributed by atoms with Crippen molar-refractivity contribution >= 4 is 5.97 Å². The molecule has 1 aliphatic heterocycles. The summed E-state index contributed by atoms with van der Waals surface area (Å²) in [6.07, 6.45) is 3.56. The van der Waals surface area contributed by atoms with Gasteiger partial charge in [0.2, 0.25) is 0 Å². The van der Waals surface area contributed by atoms with Gasteiger partial charge in [0.05, 0.1) is 6.61 Å². The number of aliphatic carboxylic acids is 1. The summed E-state index contributed by atoms with van der Waals surface area (Å²) in [7, 11) is 0. The minimum atomic E-state index is -0.837. The number of aryl methyl sites for hydroxylation is 1. The Morgan fingerprint density at radius 2 is 2.00 bits per heavy atom. The van der Waals surface area contributed by atoms with E-state index in [1.54, 1.807) is 0 Å². The van der Waals surface area contributed by atoms with Gasteiger partial charge in [0.25, 0.3) is 0 Å². The van der Waals surface area contributed by atoms with E-state index in [0.717, 1.165) is 19.3 Å². The van der Waals surface area contributed by atoms with Crippen molar-refractivity contribution in [3.63, 3.8) is 0 Å². The second-order valence-electron chi connectivity index (χ2n) is 4.28. The van der Waals surface area contributed by atoms with Gasteiger partial charge in [0.1, 0.15) is 0 Å². The smallest absolute Gasteiger partial charge is 0.338 e. The fourth-order valence-corrected chi connectivity index (χ4v) is 1.85. The number of rotatable bonds is 6. The highest BCUT2D eigenvalue weighted by Gasteiger charge is 2.51. The van der Waals surface area contributed by atoms with Crippen molar-refractivity contribution in [2.45, 2.75) is 31.3 Å². The summed E-state index contributed by atoms with van der Waals surface area (Å²) in [6, 6.07) is 10.2. The largest absolute Gasteiger partial charge is 0.479 e. The van der Waals surface area contributed by atoms with Crippen molar-refractivity contribution in [3.8, 4) is 0 Å². The van der Waals surface area contributed by atoms with Crippen LogP contribution in [-0.2, 0) is 16.0 Å². The summed E-state index contributed by atoms with van der Waals surface area (Å²) < 4.78 is 5.01. The highest BCUT2D eigenvalue weighted by molar-refractivity contribution is 5.80. The highest BCUT2D eigenvalue weighted by atomic mass is 16.6. The molecule has 0 saturated carbocycles.